The summed E-state index contributed by atoms with van der Waals surface area (Å²) in [5.74, 6) is 4.80. The summed E-state index contributed by atoms with van der Waals surface area (Å²) in [6, 6.07) is 0. The van der Waals surface area contributed by atoms with Crippen LogP contribution in [0.4, 0.5) is 0 Å². The summed E-state index contributed by atoms with van der Waals surface area (Å²) in [5.41, 5.74) is 6.50. The van der Waals surface area contributed by atoms with Crippen molar-refractivity contribution in [3.63, 3.8) is 0 Å². The van der Waals surface area contributed by atoms with Gasteiger partial charge in [-0.1, -0.05) is 26.7 Å². The van der Waals surface area contributed by atoms with Crippen LogP contribution in [0.3, 0.4) is 0 Å². The number of hydrogen-bond donors (Lipinski definition) is 2. The standard InChI is InChI=1S/C19H36N2/c1-14(2)10-15-4-3-9-19(11-15,13-20)21-12-18(16-5-6-16)17-7-8-17/h14-18,21H,3-13,20H2,1-2H3. The molecular formula is C19H36N2. The van der Waals surface area contributed by atoms with Gasteiger partial charge < -0.3 is 11.1 Å². The van der Waals surface area contributed by atoms with Crippen LogP contribution in [0.5, 0.6) is 0 Å². The molecule has 0 bridgehead atoms. The van der Waals surface area contributed by atoms with E-state index in [1.165, 1.54) is 64.3 Å². The van der Waals surface area contributed by atoms with Crippen LogP contribution in [0.1, 0.15) is 71.6 Å². The highest BCUT2D eigenvalue weighted by atomic mass is 15.0. The third kappa shape index (κ3) is 4.22. The van der Waals surface area contributed by atoms with Gasteiger partial charge in [-0.2, -0.15) is 0 Å². The molecule has 3 aliphatic rings. The van der Waals surface area contributed by atoms with Crippen molar-refractivity contribution >= 4 is 0 Å². The van der Waals surface area contributed by atoms with Gasteiger partial charge in [0.2, 0.25) is 0 Å². The van der Waals surface area contributed by atoms with E-state index in [1.54, 1.807) is 0 Å². The smallest absolute Gasteiger partial charge is 0.0306 e. The van der Waals surface area contributed by atoms with Crippen molar-refractivity contribution in [2.45, 2.75) is 77.2 Å². The minimum absolute atomic E-state index is 0.264. The second kappa shape index (κ2) is 6.58. The van der Waals surface area contributed by atoms with E-state index in [9.17, 15) is 0 Å². The first-order chi connectivity index (χ1) is 10.1. The molecule has 3 fully saturated rings. The van der Waals surface area contributed by atoms with Gasteiger partial charge in [0, 0.05) is 12.1 Å². The summed E-state index contributed by atoms with van der Waals surface area (Å²) < 4.78 is 0. The zero-order chi connectivity index (χ0) is 14.9. The molecule has 0 radical (unpaired) electrons. The Labute approximate surface area is 131 Å². The van der Waals surface area contributed by atoms with Gasteiger partial charge in [-0.3, -0.25) is 0 Å². The zero-order valence-corrected chi connectivity index (χ0v) is 14.2. The quantitative estimate of drug-likeness (QED) is 0.711. The fourth-order valence-corrected chi connectivity index (χ4v) is 4.87. The minimum Gasteiger partial charge on any atom is -0.329 e. The Balaban J connectivity index is 1.54. The van der Waals surface area contributed by atoms with Crippen molar-refractivity contribution in [2.24, 2.45) is 35.3 Å². The molecule has 3 N–H and O–H groups in total. The average molecular weight is 293 g/mol. The Morgan fingerprint density at radius 3 is 2.29 bits per heavy atom. The Morgan fingerprint density at radius 1 is 1.10 bits per heavy atom. The SMILES string of the molecule is CC(C)CC1CCCC(CN)(NCC(C2CC2)C2CC2)C1. The van der Waals surface area contributed by atoms with E-state index in [-0.39, 0.29) is 5.54 Å². The number of nitrogens with one attached hydrogen (secondary N) is 1. The first kappa shape index (κ1) is 15.8. The van der Waals surface area contributed by atoms with E-state index in [1.807, 2.05) is 0 Å². The Hall–Kier alpha value is -0.0800. The Bertz CT molecular complexity index is 320. The molecule has 0 heterocycles. The molecule has 122 valence electrons. The molecule has 0 aromatic rings. The molecule has 2 heteroatoms. The lowest BCUT2D eigenvalue weighted by Gasteiger charge is -2.42. The highest BCUT2D eigenvalue weighted by Gasteiger charge is 2.43. The summed E-state index contributed by atoms with van der Waals surface area (Å²) in [4.78, 5) is 0. The van der Waals surface area contributed by atoms with Crippen LogP contribution >= 0.6 is 0 Å². The number of rotatable bonds is 8. The van der Waals surface area contributed by atoms with Crippen molar-refractivity contribution in [3.05, 3.63) is 0 Å². The first-order valence-corrected chi connectivity index (χ1v) is 9.57. The highest BCUT2D eigenvalue weighted by molar-refractivity contribution is 4.98. The van der Waals surface area contributed by atoms with Crippen LogP contribution in [0.2, 0.25) is 0 Å². The largest absolute Gasteiger partial charge is 0.329 e. The van der Waals surface area contributed by atoms with Crippen LogP contribution in [0.15, 0.2) is 0 Å². The monoisotopic (exact) mass is 292 g/mol. The minimum atomic E-state index is 0.264. The molecular weight excluding hydrogens is 256 g/mol. The predicted octanol–water partition coefficient (Wildman–Crippen LogP) is 3.95. The highest BCUT2D eigenvalue weighted by Crippen LogP contribution is 2.49. The molecule has 2 atom stereocenters. The van der Waals surface area contributed by atoms with Crippen molar-refractivity contribution < 1.29 is 0 Å². The Morgan fingerprint density at radius 2 is 1.76 bits per heavy atom. The molecule has 3 saturated carbocycles. The second-order valence-electron chi connectivity index (χ2n) is 8.80. The van der Waals surface area contributed by atoms with Crippen LogP contribution < -0.4 is 11.1 Å². The predicted molar refractivity (Wildman–Crippen MR) is 90.1 cm³/mol. The molecule has 0 aromatic carbocycles. The van der Waals surface area contributed by atoms with E-state index in [4.69, 9.17) is 5.73 Å². The van der Waals surface area contributed by atoms with Crippen LogP contribution in [-0.4, -0.2) is 18.6 Å². The van der Waals surface area contributed by atoms with Gasteiger partial charge in [-0.05, 0) is 81.1 Å². The summed E-state index contributed by atoms with van der Waals surface area (Å²) >= 11 is 0. The molecule has 2 unspecified atom stereocenters. The second-order valence-corrected chi connectivity index (χ2v) is 8.80. The van der Waals surface area contributed by atoms with Gasteiger partial charge in [0.1, 0.15) is 0 Å². The van der Waals surface area contributed by atoms with E-state index >= 15 is 0 Å². The maximum absolute atomic E-state index is 6.24. The summed E-state index contributed by atoms with van der Waals surface area (Å²) in [6.45, 7) is 6.81. The number of nitrogens with two attached hydrogens (primary N) is 1. The maximum Gasteiger partial charge on any atom is 0.0306 e. The van der Waals surface area contributed by atoms with Crippen LogP contribution in [0.25, 0.3) is 0 Å². The molecule has 0 aliphatic heterocycles. The Kier molecular flexibility index (Phi) is 4.95. The summed E-state index contributed by atoms with van der Waals surface area (Å²) in [5, 5.41) is 4.01. The summed E-state index contributed by atoms with van der Waals surface area (Å²) in [7, 11) is 0. The van der Waals surface area contributed by atoms with Gasteiger partial charge in [0.15, 0.2) is 0 Å². The van der Waals surface area contributed by atoms with Crippen molar-refractivity contribution in [3.8, 4) is 0 Å². The van der Waals surface area contributed by atoms with Crippen LogP contribution in [0, 0.1) is 29.6 Å². The lowest BCUT2D eigenvalue weighted by atomic mass is 9.73. The topological polar surface area (TPSA) is 38.0 Å². The van der Waals surface area contributed by atoms with Crippen molar-refractivity contribution in [2.75, 3.05) is 13.1 Å². The third-order valence-corrected chi connectivity index (χ3v) is 6.31. The van der Waals surface area contributed by atoms with E-state index in [2.05, 4.69) is 19.2 Å². The first-order valence-electron chi connectivity index (χ1n) is 9.57. The van der Waals surface area contributed by atoms with E-state index in [0.717, 1.165) is 36.1 Å². The van der Waals surface area contributed by atoms with Gasteiger partial charge in [0.05, 0.1) is 0 Å². The zero-order valence-electron chi connectivity index (χ0n) is 14.2. The van der Waals surface area contributed by atoms with Crippen LogP contribution in [-0.2, 0) is 0 Å². The normalized spacial score (nSPS) is 33.9. The molecule has 3 aliphatic carbocycles. The summed E-state index contributed by atoms with van der Waals surface area (Å²) in [6.07, 6.45) is 12.8. The van der Waals surface area contributed by atoms with Gasteiger partial charge in [-0.15, -0.1) is 0 Å². The van der Waals surface area contributed by atoms with E-state index in [0.29, 0.717) is 0 Å². The average Bonchev–Trinajstić information content (AvgIpc) is 3.32. The van der Waals surface area contributed by atoms with E-state index < -0.39 is 0 Å². The number of hydrogen-bond acceptors (Lipinski definition) is 2. The van der Waals surface area contributed by atoms with Gasteiger partial charge in [-0.25, -0.2) is 0 Å². The molecule has 0 spiro atoms. The van der Waals surface area contributed by atoms with Gasteiger partial charge >= 0.3 is 0 Å². The van der Waals surface area contributed by atoms with Gasteiger partial charge in [0.25, 0.3) is 0 Å². The van der Waals surface area contributed by atoms with Crippen molar-refractivity contribution in [1.29, 1.82) is 0 Å². The molecule has 3 rings (SSSR count). The fourth-order valence-electron chi connectivity index (χ4n) is 4.87. The van der Waals surface area contributed by atoms with Crippen molar-refractivity contribution in [1.82, 2.24) is 5.32 Å². The molecule has 2 nitrogen and oxygen atoms in total. The lowest BCUT2D eigenvalue weighted by molar-refractivity contribution is 0.156. The lowest BCUT2D eigenvalue weighted by Crippen LogP contribution is -2.55. The molecule has 0 amide bonds. The molecule has 21 heavy (non-hydrogen) atoms. The maximum atomic E-state index is 6.24. The molecule has 0 aromatic heterocycles. The fraction of sp³-hybridized carbons (Fsp3) is 1.00. The molecule has 0 saturated heterocycles. The third-order valence-electron chi connectivity index (χ3n) is 6.31.